The van der Waals surface area contributed by atoms with E-state index in [0.717, 1.165) is 27.8 Å². The van der Waals surface area contributed by atoms with Crippen molar-refractivity contribution in [3.63, 3.8) is 0 Å². The number of anilines is 2. The quantitative estimate of drug-likeness (QED) is 0.909. The molecule has 0 saturated carbocycles. The monoisotopic (exact) mass is 309 g/mol. The largest absolute Gasteiger partial charge is 0.382 e. The number of likely N-dealkylation sites (tertiary alicyclic amines) is 1. The van der Waals surface area contributed by atoms with E-state index in [1.54, 1.807) is 11.3 Å². The number of nitrogens with zero attached hydrogens (tertiary/aromatic N) is 3. The highest BCUT2D eigenvalue weighted by molar-refractivity contribution is 7.11. The predicted octanol–water partition coefficient (Wildman–Crippen LogP) is 2.66. The summed E-state index contributed by atoms with van der Waals surface area (Å²) in [4.78, 5) is 6.93. The van der Waals surface area contributed by atoms with Crippen molar-refractivity contribution in [3.05, 3.63) is 10.4 Å². The van der Waals surface area contributed by atoms with Crippen molar-refractivity contribution in [3.8, 4) is 11.3 Å². The molecule has 0 aliphatic carbocycles. The Morgan fingerprint density at radius 2 is 2.40 bits per heavy atom. The van der Waals surface area contributed by atoms with Crippen LogP contribution in [0, 0.1) is 6.92 Å². The van der Waals surface area contributed by atoms with Gasteiger partial charge in [-0.25, -0.2) is 4.98 Å². The number of aryl methyl sites for hydroxylation is 1. The molecule has 1 aliphatic rings. The molecule has 1 atom stereocenters. The fraction of sp³-hybridized carbons (Fsp3) is 0.538. The SMILES string of the molecule is Cc1nc(-c2c(N)nsc2NCC2CCCN2C)cs1. The number of nitrogen functional groups attached to an aromatic ring is 1. The molecular formula is C13H19N5S2. The van der Waals surface area contributed by atoms with Gasteiger partial charge in [-0.3, -0.25) is 0 Å². The smallest absolute Gasteiger partial charge is 0.148 e. The molecule has 0 radical (unpaired) electrons. The van der Waals surface area contributed by atoms with Crippen LogP contribution in [0.25, 0.3) is 11.3 Å². The van der Waals surface area contributed by atoms with Crippen LogP contribution in [-0.4, -0.2) is 40.4 Å². The zero-order valence-corrected chi connectivity index (χ0v) is 13.4. The fourth-order valence-electron chi connectivity index (χ4n) is 2.60. The van der Waals surface area contributed by atoms with Gasteiger partial charge in [0.15, 0.2) is 0 Å². The summed E-state index contributed by atoms with van der Waals surface area (Å²) in [5.74, 6) is 0.572. The first-order chi connectivity index (χ1) is 9.65. The van der Waals surface area contributed by atoms with Crippen molar-refractivity contribution in [2.45, 2.75) is 25.8 Å². The lowest BCUT2D eigenvalue weighted by atomic mass is 10.2. The number of hydrogen-bond acceptors (Lipinski definition) is 7. The molecule has 0 spiro atoms. The van der Waals surface area contributed by atoms with Crippen LogP contribution in [0.1, 0.15) is 17.8 Å². The Hall–Kier alpha value is -1.18. The first kappa shape index (κ1) is 13.8. The van der Waals surface area contributed by atoms with E-state index in [-0.39, 0.29) is 0 Å². The van der Waals surface area contributed by atoms with Gasteiger partial charge in [-0.1, -0.05) is 0 Å². The number of nitrogens with two attached hydrogens (primary N) is 1. The first-order valence-corrected chi connectivity index (χ1v) is 8.42. The van der Waals surface area contributed by atoms with Crippen LogP contribution in [0.15, 0.2) is 5.38 Å². The van der Waals surface area contributed by atoms with Crippen LogP contribution in [0.5, 0.6) is 0 Å². The number of thiazole rings is 1. The molecule has 1 unspecified atom stereocenters. The molecule has 2 aromatic heterocycles. The Morgan fingerprint density at radius 3 is 3.05 bits per heavy atom. The van der Waals surface area contributed by atoms with E-state index in [1.807, 2.05) is 12.3 Å². The maximum absolute atomic E-state index is 6.01. The van der Waals surface area contributed by atoms with E-state index in [2.05, 4.69) is 26.6 Å². The highest BCUT2D eigenvalue weighted by Gasteiger charge is 2.22. The van der Waals surface area contributed by atoms with Gasteiger partial charge in [0.25, 0.3) is 0 Å². The molecule has 3 N–H and O–H groups in total. The minimum atomic E-state index is 0.572. The summed E-state index contributed by atoms with van der Waals surface area (Å²) < 4.78 is 4.27. The summed E-state index contributed by atoms with van der Waals surface area (Å²) in [5, 5.41) is 7.64. The van der Waals surface area contributed by atoms with Crippen molar-refractivity contribution in [2.24, 2.45) is 0 Å². The van der Waals surface area contributed by atoms with Crippen LogP contribution >= 0.6 is 22.9 Å². The van der Waals surface area contributed by atoms with Gasteiger partial charge in [0.05, 0.1) is 16.3 Å². The summed E-state index contributed by atoms with van der Waals surface area (Å²) in [5.41, 5.74) is 7.90. The molecule has 3 heterocycles. The molecule has 1 aliphatic heterocycles. The zero-order chi connectivity index (χ0) is 14.1. The third kappa shape index (κ3) is 2.65. The lowest BCUT2D eigenvalue weighted by Gasteiger charge is -2.19. The fourth-order valence-corrected chi connectivity index (χ4v) is 3.93. The van der Waals surface area contributed by atoms with Crippen LogP contribution in [-0.2, 0) is 0 Å². The highest BCUT2D eigenvalue weighted by atomic mass is 32.1. The minimum absolute atomic E-state index is 0.572. The molecule has 0 aromatic carbocycles. The van der Waals surface area contributed by atoms with Crippen LogP contribution in [0.3, 0.4) is 0 Å². The molecule has 108 valence electrons. The second-order valence-corrected chi connectivity index (χ2v) is 7.02. The van der Waals surface area contributed by atoms with E-state index >= 15 is 0 Å². The molecule has 1 fully saturated rings. The molecule has 0 amide bonds. The number of hydrogen-bond donors (Lipinski definition) is 2. The first-order valence-electron chi connectivity index (χ1n) is 6.77. The van der Waals surface area contributed by atoms with Crippen molar-refractivity contribution in [1.29, 1.82) is 0 Å². The average Bonchev–Trinajstić information content (AvgIpc) is 3.09. The van der Waals surface area contributed by atoms with E-state index in [0.29, 0.717) is 11.9 Å². The average molecular weight is 309 g/mol. The zero-order valence-electron chi connectivity index (χ0n) is 11.7. The van der Waals surface area contributed by atoms with Gasteiger partial charge in [0.1, 0.15) is 10.8 Å². The van der Waals surface area contributed by atoms with E-state index in [4.69, 9.17) is 5.73 Å². The van der Waals surface area contributed by atoms with Crippen molar-refractivity contribution < 1.29 is 0 Å². The van der Waals surface area contributed by atoms with Gasteiger partial charge in [-0.15, -0.1) is 11.3 Å². The standard InChI is InChI=1S/C13H19N5S2/c1-8-16-10(7-19-8)11-12(14)17-20-13(11)15-6-9-4-3-5-18(9)2/h7,9,15H,3-6H2,1-2H3,(H2,14,17). The van der Waals surface area contributed by atoms with Gasteiger partial charge in [-0.2, -0.15) is 4.37 Å². The molecule has 2 aromatic rings. The molecular weight excluding hydrogens is 290 g/mol. The van der Waals surface area contributed by atoms with Crippen molar-refractivity contribution >= 4 is 33.7 Å². The maximum atomic E-state index is 6.01. The van der Waals surface area contributed by atoms with Crippen LogP contribution in [0.4, 0.5) is 10.8 Å². The van der Waals surface area contributed by atoms with Crippen LogP contribution in [0.2, 0.25) is 0 Å². The van der Waals surface area contributed by atoms with E-state index in [9.17, 15) is 0 Å². The topological polar surface area (TPSA) is 67.1 Å². The molecule has 0 bridgehead atoms. The lowest BCUT2D eigenvalue weighted by Crippen LogP contribution is -2.31. The molecule has 3 rings (SSSR count). The summed E-state index contributed by atoms with van der Waals surface area (Å²) >= 11 is 3.06. The Kier molecular flexibility index (Phi) is 3.91. The third-order valence-electron chi connectivity index (χ3n) is 3.76. The molecule has 5 nitrogen and oxygen atoms in total. The van der Waals surface area contributed by atoms with Gasteiger partial charge in [0.2, 0.25) is 0 Å². The lowest BCUT2D eigenvalue weighted by molar-refractivity contribution is 0.322. The normalized spacial score (nSPS) is 19.6. The second kappa shape index (κ2) is 5.67. The molecule has 20 heavy (non-hydrogen) atoms. The summed E-state index contributed by atoms with van der Waals surface area (Å²) in [6.45, 7) is 4.13. The Balaban J connectivity index is 1.77. The Bertz CT molecular complexity index is 591. The van der Waals surface area contributed by atoms with E-state index in [1.165, 1.54) is 30.9 Å². The molecule has 1 saturated heterocycles. The Labute approximate surface area is 127 Å². The number of nitrogens with one attached hydrogen (secondary N) is 1. The maximum Gasteiger partial charge on any atom is 0.148 e. The van der Waals surface area contributed by atoms with Crippen molar-refractivity contribution in [2.75, 3.05) is 31.2 Å². The van der Waals surface area contributed by atoms with Crippen LogP contribution < -0.4 is 11.1 Å². The van der Waals surface area contributed by atoms with Crippen molar-refractivity contribution in [1.82, 2.24) is 14.3 Å². The predicted molar refractivity (Wildman–Crippen MR) is 86.5 cm³/mol. The van der Waals surface area contributed by atoms with Gasteiger partial charge < -0.3 is 16.0 Å². The van der Waals surface area contributed by atoms with Gasteiger partial charge in [-0.05, 0) is 44.9 Å². The van der Waals surface area contributed by atoms with Gasteiger partial charge in [0, 0.05) is 18.0 Å². The second-order valence-electron chi connectivity index (χ2n) is 5.18. The Morgan fingerprint density at radius 1 is 1.55 bits per heavy atom. The highest BCUT2D eigenvalue weighted by Crippen LogP contribution is 2.37. The molecule has 7 heteroatoms. The van der Waals surface area contributed by atoms with Gasteiger partial charge >= 0.3 is 0 Å². The minimum Gasteiger partial charge on any atom is -0.382 e. The number of aromatic nitrogens is 2. The summed E-state index contributed by atoms with van der Waals surface area (Å²) in [7, 11) is 2.19. The number of rotatable bonds is 4. The summed E-state index contributed by atoms with van der Waals surface area (Å²) in [6, 6.07) is 0.600. The number of likely N-dealkylation sites (N-methyl/N-ethyl adjacent to an activating group) is 1. The summed E-state index contributed by atoms with van der Waals surface area (Å²) in [6.07, 6.45) is 2.54. The third-order valence-corrected chi connectivity index (χ3v) is 5.36. The van der Waals surface area contributed by atoms with E-state index < -0.39 is 0 Å².